The summed E-state index contributed by atoms with van der Waals surface area (Å²) < 4.78 is 40.7. The summed E-state index contributed by atoms with van der Waals surface area (Å²) in [7, 11) is 0. The zero-order valence-corrected chi connectivity index (χ0v) is 14.0. The Labute approximate surface area is 137 Å². The number of nitrogens with zero attached hydrogens (tertiary/aromatic N) is 3. The van der Waals surface area contributed by atoms with Crippen molar-refractivity contribution in [1.29, 1.82) is 0 Å². The van der Waals surface area contributed by atoms with Gasteiger partial charge < -0.3 is 9.64 Å². The lowest BCUT2D eigenvalue weighted by Crippen LogP contribution is -2.28. The Bertz CT molecular complexity index is 625. The van der Waals surface area contributed by atoms with Gasteiger partial charge in [0.15, 0.2) is 5.17 Å². The second kappa shape index (κ2) is 7.25. The fraction of sp³-hybridized carbons (Fsp3) is 0.467. The van der Waals surface area contributed by atoms with Crippen LogP contribution in [0.15, 0.2) is 28.2 Å². The molecule has 0 bridgehead atoms. The summed E-state index contributed by atoms with van der Waals surface area (Å²) in [5.74, 6) is 1.16. The number of rotatable bonds is 3. The van der Waals surface area contributed by atoms with Gasteiger partial charge in [-0.1, -0.05) is 11.8 Å². The van der Waals surface area contributed by atoms with E-state index in [1.165, 1.54) is 30.0 Å². The van der Waals surface area contributed by atoms with Crippen LogP contribution in [0.5, 0.6) is 5.75 Å². The summed E-state index contributed by atoms with van der Waals surface area (Å²) in [4.78, 5) is 11.0. The van der Waals surface area contributed by atoms with Gasteiger partial charge in [-0.25, -0.2) is 9.98 Å². The van der Waals surface area contributed by atoms with Gasteiger partial charge in [0.05, 0.1) is 5.69 Å². The van der Waals surface area contributed by atoms with E-state index in [1.807, 2.05) is 6.92 Å². The Morgan fingerprint density at radius 2 is 2.04 bits per heavy atom. The Hall–Kier alpha value is -1.70. The highest BCUT2D eigenvalue weighted by Gasteiger charge is 2.31. The van der Waals surface area contributed by atoms with Crippen molar-refractivity contribution in [2.24, 2.45) is 9.98 Å². The second-order valence-corrected chi connectivity index (χ2v) is 5.80. The summed E-state index contributed by atoms with van der Waals surface area (Å²) in [6, 6.07) is 4.17. The molecule has 0 amide bonds. The van der Waals surface area contributed by atoms with Crippen LogP contribution in [0.3, 0.4) is 0 Å². The molecule has 0 spiro atoms. The van der Waals surface area contributed by atoms with Crippen LogP contribution in [0.2, 0.25) is 0 Å². The molecule has 4 nitrogen and oxygen atoms in total. The minimum atomic E-state index is -4.68. The predicted molar refractivity (Wildman–Crippen MR) is 87.5 cm³/mol. The van der Waals surface area contributed by atoms with Gasteiger partial charge in [0.2, 0.25) is 0 Å². The van der Waals surface area contributed by atoms with Gasteiger partial charge in [0, 0.05) is 18.8 Å². The van der Waals surface area contributed by atoms with Gasteiger partial charge in [-0.3, -0.25) is 0 Å². The molecule has 1 aliphatic heterocycles. The van der Waals surface area contributed by atoms with Crippen molar-refractivity contribution in [3.63, 3.8) is 0 Å². The number of hydrogen-bond acceptors (Lipinski definition) is 4. The van der Waals surface area contributed by atoms with Crippen LogP contribution >= 0.6 is 11.8 Å². The zero-order chi connectivity index (χ0) is 17.0. The summed E-state index contributed by atoms with van der Waals surface area (Å²) in [6.45, 7) is 7.74. The van der Waals surface area contributed by atoms with Gasteiger partial charge in [-0.05, 0) is 44.5 Å². The zero-order valence-electron chi connectivity index (χ0n) is 13.1. The number of thioether (sulfide) groups is 1. The molecule has 1 aromatic carbocycles. The molecule has 126 valence electrons. The van der Waals surface area contributed by atoms with E-state index >= 15 is 0 Å². The average Bonchev–Trinajstić information content (AvgIpc) is 2.47. The van der Waals surface area contributed by atoms with Crippen molar-refractivity contribution in [2.45, 2.75) is 32.9 Å². The lowest BCUT2D eigenvalue weighted by atomic mass is 10.2. The number of halogens is 3. The van der Waals surface area contributed by atoms with Crippen LogP contribution < -0.4 is 4.74 Å². The van der Waals surface area contributed by atoms with Crippen molar-refractivity contribution in [1.82, 2.24) is 4.90 Å². The molecule has 1 heterocycles. The van der Waals surface area contributed by atoms with E-state index in [1.54, 1.807) is 0 Å². The third-order valence-corrected chi connectivity index (χ3v) is 4.23. The van der Waals surface area contributed by atoms with E-state index < -0.39 is 6.36 Å². The second-order valence-electron chi connectivity index (χ2n) is 4.85. The Kier molecular flexibility index (Phi) is 5.56. The molecule has 0 N–H and O–H groups in total. The number of aliphatic imine (C=N–C) groups is 2. The van der Waals surface area contributed by atoms with E-state index in [0.717, 1.165) is 18.9 Å². The molecule has 0 aliphatic carbocycles. The molecule has 0 saturated carbocycles. The SMILES string of the molecule is CCN(CC)/C(C)=N/C1=Nc2ccc(OC(F)(F)F)cc2CS1. The molecule has 0 saturated heterocycles. The Balaban J connectivity index is 2.20. The predicted octanol–water partition coefficient (Wildman–Crippen LogP) is 4.58. The average molecular weight is 345 g/mol. The summed E-state index contributed by atoms with van der Waals surface area (Å²) >= 11 is 1.40. The Morgan fingerprint density at radius 3 is 2.65 bits per heavy atom. The highest BCUT2D eigenvalue weighted by atomic mass is 32.2. The van der Waals surface area contributed by atoms with Gasteiger partial charge in [-0.2, -0.15) is 0 Å². The van der Waals surface area contributed by atoms with Crippen LogP contribution in [-0.4, -0.2) is 35.4 Å². The molecular weight excluding hydrogens is 327 g/mol. The van der Waals surface area contributed by atoms with Gasteiger partial charge in [0.25, 0.3) is 0 Å². The van der Waals surface area contributed by atoms with Crippen LogP contribution in [0, 0.1) is 0 Å². The molecule has 8 heteroatoms. The molecule has 0 aromatic heterocycles. The smallest absolute Gasteiger partial charge is 0.406 e. The monoisotopic (exact) mass is 345 g/mol. The first-order valence-electron chi connectivity index (χ1n) is 7.22. The van der Waals surface area contributed by atoms with Crippen LogP contribution in [0.1, 0.15) is 26.3 Å². The van der Waals surface area contributed by atoms with E-state index in [-0.39, 0.29) is 5.75 Å². The van der Waals surface area contributed by atoms with Gasteiger partial charge in [-0.15, -0.1) is 13.2 Å². The number of fused-ring (bicyclic) bond motifs is 1. The highest BCUT2D eigenvalue weighted by Crippen LogP contribution is 2.35. The first-order valence-corrected chi connectivity index (χ1v) is 8.21. The van der Waals surface area contributed by atoms with E-state index in [4.69, 9.17) is 0 Å². The maximum Gasteiger partial charge on any atom is 0.573 e. The van der Waals surface area contributed by atoms with Gasteiger partial charge in [0.1, 0.15) is 11.6 Å². The topological polar surface area (TPSA) is 37.2 Å². The molecule has 23 heavy (non-hydrogen) atoms. The van der Waals surface area contributed by atoms with E-state index in [0.29, 0.717) is 22.2 Å². The van der Waals surface area contributed by atoms with Crippen LogP contribution in [0.25, 0.3) is 0 Å². The largest absolute Gasteiger partial charge is 0.573 e. The van der Waals surface area contributed by atoms with Crippen molar-refractivity contribution < 1.29 is 17.9 Å². The third-order valence-electron chi connectivity index (χ3n) is 3.34. The summed E-state index contributed by atoms with van der Waals surface area (Å²) in [5.41, 5.74) is 1.33. The number of ether oxygens (including phenoxy) is 1. The van der Waals surface area contributed by atoms with Gasteiger partial charge >= 0.3 is 6.36 Å². The maximum atomic E-state index is 12.2. The highest BCUT2D eigenvalue weighted by molar-refractivity contribution is 8.13. The van der Waals surface area contributed by atoms with E-state index in [2.05, 4.69) is 33.5 Å². The van der Waals surface area contributed by atoms with E-state index in [9.17, 15) is 13.2 Å². The van der Waals surface area contributed by atoms with Crippen molar-refractivity contribution in [2.75, 3.05) is 13.1 Å². The molecule has 0 unspecified atom stereocenters. The van der Waals surface area contributed by atoms with Crippen molar-refractivity contribution in [3.8, 4) is 5.75 Å². The fourth-order valence-electron chi connectivity index (χ4n) is 2.21. The normalized spacial score (nSPS) is 15.0. The van der Waals surface area contributed by atoms with Crippen molar-refractivity contribution in [3.05, 3.63) is 23.8 Å². The summed E-state index contributed by atoms with van der Waals surface area (Å²) in [6.07, 6.45) is -4.68. The molecule has 1 aliphatic rings. The number of hydrogen-bond donors (Lipinski definition) is 0. The number of benzene rings is 1. The first-order chi connectivity index (χ1) is 10.8. The maximum absolute atomic E-state index is 12.2. The molecule has 0 fully saturated rings. The Morgan fingerprint density at radius 1 is 1.35 bits per heavy atom. The lowest BCUT2D eigenvalue weighted by Gasteiger charge is -2.21. The minimum absolute atomic E-state index is 0.224. The first kappa shape index (κ1) is 17.7. The molecular formula is C15H18F3N3OS. The third kappa shape index (κ3) is 4.89. The molecule has 2 rings (SSSR count). The number of alkyl halides is 3. The fourth-order valence-corrected chi connectivity index (χ4v) is 3.08. The standard InChI is InChI=1S/C15H18F3N3OS/c1-4-21(5-2)10(3)19-14-20-13-7-6-12(22-15(16,17)18)8-11(13)9-23-14/h6-8H,4-5,9H2,1-3H3/b19-10+. The molecule has 1 aromatic rings. The molecule has 0 radical (unpaired) electrons. The van der Waals surface area contributed by atoms with Crippen LogP contribution in [0.4, 0.5) is 18.9 Å². The minimum Gasteiger partial charge on any atom is -0.406 e. The lowest BCUT2D eigenvalue weighted by molar-refractivity contribution is -0.274. The quantitative estimate of drug-likeness (QED) is 0.594. The number of amidine groups is 2. The van der Waals surface area contributed by atoms with Crippen molar-refractivity contribution >= 4 is 28.5 Å². The van der Waals surface area contributed by atoms with Crippen LogP contribution in [-0.2, 0) is 5.75 Å². The molecule has 0 atom stereocenters. The summed E-state index contributed by atoms with van der Waals surface area (Å²) in [5, 5.41) is 0.617.